The lowest BCUT2D eigenvalue weighted by Crippen LogP contribution is -2.43. The first-order valence-corrected chi connectivity index (χ1v) is 16.4. The first kappa shape index (κ1) is 31.6. The Hall–Kier alpha value is -4.40. The van der Waals surface area contributed by atoms with Crippen LogP contribution < -0.4 is 10.0 Å². The first-order valence-electron chi connectivity index (χ1n) is 14.1. The summed E-state index contributed by atoms with van der Waals surface area (Å²) in [6.07, 6.45) is -3.11. The number of carbonyl (C=O) groups excluding carboxylic acids is 1. The predicted molar refractivity (Wildman–Crippen MR) is 169 cm³/mol. The van der Waals surface area contributed by atoms with E-state index in [2.05, 4.69) is 31.1 Å². The van der Waals surface area contributed by atoms with Crippen LogP contribution in [0.1, 0.15) is 22.3 Å². The lowest BCUT2D eigenvalue weighted by Gasteiger charge is -2.29. The number of rotatable bonds is 8. The number of fused-ring (bicyclic) bond motifs is 2. The minimum absolute atomic E-state index is 0.0228. The average Bonchev–Trinajstić information content (AvgIpc) is 3.42. The quantitative estimate of drug-likeness (QED) is 0.182. The van der Waals surface area contributed by atoms with E-state index in [9.17, 15) is 31.5 Å². The lowest BCUT2D eigenvalue weighted by molar-refractivity contribution is -0.186. The van der Waals surface area contributed by atoms with Gasteiger partial charge >= 0.3 is 12.1 Å². The van der Waals surface area contributed by atoms with Crippen molar-refractivity contribution in [2.75, 3.05) is 11.9 Å². The van der Waals surface area contributed by atoms with Crippen LogP contribution in [0.5, 0.6) is 5.75 Å². The highest BCUT2D eigenvalue weighted by molar-refractivity contribution is 9.10. The number of phenolic OH excluding ortho intramolecular Hbond substituents is 1. The summed E-state index contributed by atoms with van der Waals surface area (Å²) in [6, 6.07) is 22.5. The SMILES string of the molecule is O=C(N1CCc2ccc(S(=O)(=O)NCc3cccc(CNc4cc(-c5ccccc5O)cc5c(Br)cnn45)c3)cc2C1)C(F)(F)F. The number of benzene rings is 3. The highest BCUT2D eigenvalue weighted by Crippen LogP contribution is 2.34. The van der Waals surface area contributed by atoms with Gasteiger partial charge in [0.1, 0.15) is 11.6 Å². The number of sulfonamides is 1. The zero-order valence-corrected chi connectivity index (χ0v) is 26.5. The van der Waals surface area contributed by atoms with Gasteiger partial charge in [0.15, 0.2) is 0 Å². The van der Waals surface area contributed by atoms with Crippen molar-refractivity contribution in [2.24, 2.45) is 0 Å². The number of aromatic hydroxyl groups is 1. The number of anilines is 1. The van der Waals surface area contributed by atoms with Crippen molar-refractivity contribution in [3.8, 4) is 16.9 Å². The number of amides is 1. The molecule has 0 unspecified atom stereocenters. The molecule has 1 amide bonds. The van der Waals surface area contributed by atoms with E-state index < -0.39 is 22.1 Å². The Labute approximate surface area is 270 Å². The van der Waals surface area contributed by atoms with Crippen molar-refractivity contribution >= 4 is 43.2 Å². The van der Waals surface area contributed by atoms with Crippen LogP contribution in [0.2, 0.25) is 0 Å². The standard InChI is InChI=1S/C32H27BrF3N5O4S/c33-27-18-38-41-28(27)14-23(26-6-1-2-7-29(26)42)15-30(41)37-16-20-4-3-5-21(12-20)17-39-46(44,45)25-9-8-22-10-11-40(19-24(22)13-25)31(43)32(34,35)36/h1-9,12-15,18,37,39,42H,10-11,16-17,19H2. The van der Waals surface area contributed by atoms with Gasteiger partial charge < -0.3 is 15.3 Å². The third-order valence-corrected chi connectivity index (χ3v) is 9.76. The van der Waals surface area contributed by atoms with Crippen molar-refractivity contribution in [3.63, 3.8) is 0 Å². The second-order valence-electron chi connectivity index (χ2n) is 10.8. The normalized spacial score (nSPS) is 13.5. The van der Waals surface area contributed by atoms with E-state index in [1.807, 2.05) is 42.5 Å². The predicted octanol–water partition coefficient (Wildman–Crippen LogP) is 6.01. The van der Waals surface area contributed by atoms with Crippen LogP contribution >= 0.6 is 15.9 Å². The van der Waals surface area contributed by atoms with Crippen LogP contribution in [0, 0.1) is 0 Å². The molecule has 3 N–H and O–H groups in total. The minimum atomic E-state index is -4.99. The Morgan fingerprint density at radius 2 is 1.72 bits per heavy atom. The molecule has 1 aliphatic rings. The highest BCUT2D eigenvalue weighted by atomic mass is 79.9. The number of phenols is 1. The number of halogens is 4. The number of alkyl halides is 3. The molecule has 0 saturated heterocycles. The molecule has 5 aromatic rings. The summed E-state index contributed by atoms with van der Waals surface area (Å²) in [5, 5.41) is 18.2. The number of pyridine rings is 1. The van der Waals surface area contributed by atoms with Gasteiger partial charge in [-0.15, -0.1) is 0 Å². The molecule has 6 rings (SSSR count). The van der Waals surface area contributed by atoms with Crippen LogP contribution in [-0.2, 0) is 40.9 Å². The van der Waals surface area contributed by atoms with Crippen molar-refractivity contribution in [1.29, 1.82) is 0 Å². The van der Waals surface area contributed by atoms with Crippen molar-refractivity contribution in [1.82, 2.24) is 19.2 Å². The maximum absolute atomic E-state index is 13.1. The molecule has 14 heteroatoms. The van der Waals surface area contributed by atoms with Crippen LogP contribution in [0.3, 0.4) is 0 Å². The van der Waals surface area contributed by atoms with E-state index in [-0.39, 0.29) is 36.7 Å². The van der Waals surface area contributed by atoms with Gasteiger partial charge in [0.2, 0.25) is 10.0 Å². The Kier molecular flexibility index (Phi) is 8.53. The third-order valence-electron chi connectivity index (χ3n) is 7.75. The van der Waals surface area contributed by atoms with Crippen molar-refractivity contribution in [3.05, 3.63) is 112 Å². The smallest absolute Gasteiger partial charge is 0.471 e. The fraction of sp³-hybridized carbons (Fsp3) is 0.188. The molecule has 9 nitrogen and oxygen atoms in total. The van der Waals surface area contributed by atoms with E-state index in [1.54, 1.807) is 35.0 Å². The van der Waals surface area contributed by atoms with Gasteiger partial charge in [0.25, 0.3) is 0 Å². The molecule has 2 aromatic heterocycles. The van der Waals surface area contributed by atoms with E-state index >= 15 is 0 Å². The van der Waals surface area contributed by atoms with E-state index in [0.717, 1.165) is 21.1 Å². The maximum atomic E-state index is 13.1. The topological polar surface area (TPSA) is 116 Å². The second-order valence-corrected chi connectivity index (χ2v) is 13.5. The number of hydrogen-bond acceptors (Lipinski definition) is 6. The third kappa shape index (κ3) is 6.59. The minimum Gasteiger partial charge on any atom is -0.507 e. The fourth-order valence-corrected chi connectivity index (χ4v) is 6.86. The van der Waals surface area contributed by atoms with E-state index in [1.165, 1.54) is 12.1 Å². The number of aromatic nitrogens is 2. The summed E-state index contributed by atoms with van der Waals surface area (Å²) in [5.74, 6) is -1.11. The summed E-state index contributed by atoms with van der Waals surface area (Å²) in [7, 11) is -4.01. The summed E-state index contributed by atoms with van der Waals surface area (Å²) in [5.41, 5.74) is 4.89. The van der Waals surface area contributed by atoms with Crippen LogP contribution in [0.4, 0.5) is 19.0 Å². The number of carbonyl (C=O) groups is 1. The molecule has 0 bridgehead atoms. The molecule has 0 spiro atoms. The molecule has 3 heterocycles. The van der Waals surface area contributed by atoms with Crippen molar-refractivity contribution in [2.45, 2.75) is 37.1 Å². The Morgan fingerprint density at radius 1 is 0.957 bits per heavy atom. The summed E-state index contributed by atoms with van der Waals surface area (Å²) < 4.78 is 70.2. The molecule has 0 saturated carbocycles. The molecular weight excluding hydrogens is 687 g/mol. The Bertz CT molecular complexity index is 2070. The van der Waals surface area contributed by atoms with Crippen molar-refractivity contribution < 1.29 is 31.5 Å². The highest BCUT2D eigenvalue weighted by Gasteiger charge is 2.43. The molecule has 0 aliphatic carbocycles. The average molecular weight is 715 g/mol. The van der Waals surface area contributed by atoms with Gasteiger partial charge in [0.05, 0.1) is 21.1 Å². The number of nitrogens with zero attached hydrogens (tertiary/aromatic N) is 3. The number of para-hydroxylation sites is 1. The Balaban J connectivity index is 1.15. The number of hydrogen-bond donors (Lipinski definition) is 3. The maximum Gasteiger partial charge on any atom is 0.471 e. The van der Waals surface area contributed by atoms with Gasteiger partial charge in [-0.2, -0.15) is 18.3 Å². The van der Waals surface area contributed by atoms with Gasteiger partial charge in [-0.1, -0.05) is 48.5 Å². The summed E-state index contributed by atoms with van der Waals surface area (Å²) >= 11 is 3.53. The van der Waals surface area contributed by atoms with Gasteiger partial charge in [-0.05, 0) is 80.5 Å². The number of nitrogens with one attached hydrogen (secondary N) is 2. The molecule has 3 aromatic carbocycles. The zero-order valence-electron chi connectivity index (χ0n) is 24.1. The zero-order chi connectivity index (χ0) is 32.6. The molecule has 0 fully saturated rings. The van der Waals surface area contributed by atoms with Gasteiger partial charge in [-0.25, -0.2) is 17.7 Å². The Morgan fingerprint density at radius 3 is 2.48 bits per heavy atom. The van der Waals surface area contributed by atoms with Gasteiger partial charge in [0, 0.05) is 31.7 Å². The molecule has 0 radical (unpaired) electrons. The molecule has 0 atom stereocenters. The van der Waals surface area contributed by atoms with E-state index in [4.69, 9.17) is 0 Å². The molecule has 238 valence electrons. The van der Waals surface area contributed by atoms with Crippen LogP contribution in [-0.4, -0.2) is 46.7 Å². The molecule has 46 heavy (non-hydrogen) atoms. The lowest BCUT2D eigenvalue weighted by atomic mass is 10.00. The summed E-state index contributed by atoms with van der Waals surface area (Å²) in [4.78, 5) is 12.3. The van der Waals surface area contributed by atoms with Crippen LogP contribution in [0.15, 0.2) is 94.4 Å². The molecule has 1 aliphatic heterocycles. The monoisotopic (exact) mass is 713 g/mol. The second kappa shape index (κ2) is 12.4. The first-order chi connectivity index (χ1) is 21.9. The van der Waals surface area contributed by atoms with E-state index in [0.29, 0.717) is 39.5 Å². The summed E-state index contributed by atoms with van der Waals surface area (Å²) in [6.45, 7) is -0.0446. The molecular formula is C32H27BrF3N5O4S. The van der Waals surface area contributed by atoms with Crippen LogP contribution in [0.25, 0.3) is 16.6 Å². The fourth-order valence-electron chi connectivity index (χ4n) is 5.41. The largest absolute Gasteiger partial charge is 0.507 e. The van der Waals surface area contributed by atoms with Gasteiger partial charge in [-0.3, -0.25) is 4.79 Å².